The average Bonchev–Trinajstić information content (AvgIpc) is 2.95. The van der Waals surface area contributed by atoms with Crippen LogP contribution in [-0.4, -0.2) is 42.3 Å². The van der Waals surface area contributed by atoms with E-state index in [1.807, 2.05) is 44.0 Å². The van der Waals surface area contributed by atoms with E-state index in [1.54, 1.807) is 4.90 Å². The molecule has 102 valence electrons. The van der Waals surface area contributed by atoms with Crippen LogP contribution in [0.1, 0.15) is 25.5 Å². The van der Waals surface area contributed by atoms with Gasteiger partial charge in [-0.2, -0.15) is 0 Å². The molecular formula is C14H18N2O3. The molecule has 2 aliphatic heterocycles. The molecule has 1 aromatic rings. The van der Waals surface area contributed by atoms with Gasteiger partial charge in [0.2, 0.25) is 6.79 Å². The molecule has 0 radical (unpaired) electrons. The molecule has 0 N–H and O–H groups in total. The number of hydrogen-bond donors (Lipinski definition) is 0. The van der Waals surface area contributed by atoms with Gasteiger partial charge >= 0.3 is 6.03 Å². The van der Waals surface area contributed by atoms with E-state index in [4.69, 9.17) is 9.47 Å². The number of fused-ring (bicyclic) bond motifs is 1. The highest BCUT2D eigenvalue weighted by molar-refractivity contribution is 5.77. The number of ether oxygens (including phenoxy) is 2. The predicted octanol–water partition coefficient (Wildman–Crippen LogP) is 2.23. The van der Waals surface area contributed by atoms with E-state index in [-0.39, 0.29) is 24.9 Å². The van der Waals surface area contributed by atoms with Crippen LogP contribution in [0.25, 0.3) is 0 Å². The fourth-order valence-corrected chi connectivity index (χ4v) is 2.60. The van der Waals surface area contributed by atoms with Crippen molar-refractivity contribution in [2.45, 2.75) is 25.9 Å². The van der Waals surface area contributed by atoms with Gasteiger partial charge in [0.1, 0.15) is 0 Å². The molecule has 2 amide bonds. The van der Waals surface area contributed by atoms with Gasteiger partial charge in [-0.15, -0.1) is 0 Å². The molecule has 0 spiro atoms. The van der Waals surface area contributed by atoms with Gasteiger partial charge in [-0.1, -0.05) is 6.07 Å². The van der Waals surface area contributed by atoms with Gasteiger partial charge in [-0.25, -0.2) is 4.79 Å². The fraction of sp³-hybridized carbons (Fsp3) is 0.500. The van der Waals surface area contributed by atoms with Gasteiger partial charge in [0, 0.05) is 19.6 Å². The van der Waals surface area contributed by atoms with Crippen molar-refractivity contribution in [1.29, 1.82) is 0 Å². The van der Waals surface area contributed by atoms with Crippen molar-refractivity contribution < 1.29 is 14.3 Å². The van der Waals surface area contributed by atoms with Crippen LogP contribution in [0.15, 0.2) is 18.2 Å². The van der Waals surface area contributed by atoms with Crippen molar-refractivity contribution in [2.24, 2.45) is 0 Å². The Morgan fingerprint density at radius 2 is 2.00 bits per heavy atom. The van der Waals surface area contributed by atoms with Crippen LogP contribution >= 0.6 is 0 Å². The first-order chi connectivity index (χ1) is 9.08. The maximum absolute atomic E-state index is 12.2. The summed E-state index contributed by atoms with van der Waals surface area (Å²) in [5.41, 5.74) is 1.09. The first kappa shape index (κ1) is 12.1. The number of benzene rings is 1. The number of carbonyl (C=O) groups is 1. The van der Waals surface area contributed by atoms with Crippen LogP contribution in [0.3, 0.4) is 0 Å². The Bertz CT molecular complexity index is 515. The summed E-state index contributed by atoms with van der Waals surface area (Å²) in [6, 6.07) is 6.26. The van der Waals surface area contributed by atoms with Crippen molar-refractivity contribution in [3.05, 3.63) is 23.8 Å². The topological polar surface area (TPSA) is 42.0 Å². The molecule has 3 rings (SSSR count). The SMILES string of the molecule is CC(C)N1CC(c2ccc3c(c2)OCO3)N(C)C1=O. The first-order valence-corrected chi connectivity index (χ1v) is 6.51. The van der Waals surface area contributed by atoms with Gasteiger partial charge in [-0.05, 0) is 31.5 Å². The molecule has 1 unspecified atom stereocenters. The Labute approximate surface area is 112 Å². The fourth-order valence-electron chi connectivity index (χ4n) is 2.60. The lowest BCUT2D eigenvalue weighted by Gasteiger charge is -2.19. The van der Waals surface area contributed by atoms with E-state index in [1.165, 1.54) is 0 Å². The highest BCUT2D eigenvalue weighted by atomic mass is 16.7. The molecular weight excluding hydrogens is 244 g/mol. The summed E-state index contributed by atoms with van der Waals surface area (Å²) in [5, 5.41) is 0. The number of hydrogen-bond acceptors (Lipinski definition) is 3. The molecule has 0 saturated carbocycles. The maximum atomic E-state index is 12.2. The van der Waals surface area contributed by atoms with Crippen molar-refractivity contribution in [1.82, 2.24) is 9.80 Å². The van der Waals surface area contributed by atoms with Gasteiger partial charge in [-0.3, -0.25) is 0 Å². The summed E-state index contributed by atoms with van der Waals surface area (Å²) in [7, 11) is 1.85. The predicted molar refractivity (Wildman–Crippen MR) is 70.3 cm³/mol. The molecule has 1 fully saturated rings. The third kappa shape index (κ3) is 1.89. The highest BCUT2D eigenvalue weighted by Crippen LogP contribution is 2.37. The minimum atomic E-state index is 0.0735. The molecule has 5 heteroatoms. The second-order valence-electron chi connectivity index (χ2n) is 5.27. The second kappa shape index (κ2) is 4.33. The van der Waals surface area contributed by atoms with Gasteiger partial charge in [0.25, 0.3) is 0 Å². The Hall–Kier alpha value is -1.91. The smallest absolute Gasteiger partial charge is 0.320 e. The highest BCUT2D eigenvalue weighted by Gasteiger charge is 2.37. The molecule has 5 nitrogen and oxygen atoms in total. The van der Waals surface area contributed by atoms with E-state index in [0.29, 0.717) is 6.54 Å². The Morgan fingerprint density at radius 3 is 2.68 bits per heavy atom. The number of nitrogens with zero attached hydrogens (tertiary/aromatic N) is 2. The molecule has 2 aliphatic rings. The molecule has 0 aromatic heterocycles. The average molecular weight is 262 g/mol. The lowest BCUT2D eigenvalue weighted by atomic mass is 10.1. The zero-order chi connectivity index (χ0) is 13.6. The van der Waals surface area contributed by atoms with E-state index in [9.17, 15) is 4.79 Å². The molecule has 1 aromatic carbocycles. The van der Waals surface area contributed by atoms with Crippen LogP contribution in [0, 0.1) is 0 Å². The summed E-state index contributed by atoms with van der Waals surface area (Å²) in [5.74, 6) is 1.54. The first-order valence-electron chi connectivity index (χ1n) is 6.51. The van der Waals surface area contributed by atoms with Gasteiger partial charge in [0.05, 0.1) is 6.04 Å². The summed E-state index contributed by atoms with van der Waals surface area (Å²) < 4.78 is 10.7. The normalized spacial score (nSPS) is 21.7. The third-order valence-corrected chi connectivity index (χ3v) is 3.79. The minimum Gasteiger partial charge on any atom is -0.454 e. The van der Waals surface area contributed by atoms with Crippen molar-refractivity contribution in [3.8, 4) is 11.5 Å². The van der Waals surface area contributed by atoms with Crippen LogP contribution in [0.5, 0.6) is 11.5 Å². The van der Waals surface area contributed by atoms with Crippen LogP contribution in [0.4, 0.5) is 4.79 Å². The van der Waals surface area contributed by atoms with Crippen molar-refractivity contribution >= 4 is 6.03 Å². The Kier molecular flexibility index (Phi) is 2.77. The number of amides is 2. The molecule has 19 heavy (non-hydrogen) atoms. The number of rotatable bonds is 2. The number of urea groups is 1. The van der Waals surface area contributed by atoms with Crippen LogP contribution in [-0.2, 0) is 0 Å². The number of likely N-dealkylation sites (N-methyl/N-ethyl adjacent to an activating group) is 1. The van der Waals surface area contributed by atoms with Gasteiger partial charge < -0.3 is 19.3 Å². The molecule has 1 atom stereocenters. The molecule has 0 aliphatic carbocycles. The summed E-state index contributed by atoms with van der Waals surface area (Å²) in [4.78, 5) is 15.8. The molecule has 1 saturated heterocycles. The second-order valence-corrected chi connectivity index (χ2v) is 5.27. The standard InChI is InChI=1S/C14H18N2O3/c1-9(2)16-7-11(15(3)14(16)17)10-4-5-12-13(6-10)19-8-18-12/h4-6,9,11H,7-8H2,1-3H3. The van der Waals surface area contributed by atoms with Crippen molar-refractivity contribution in [2.75, 3.05) is 20.4 Å². The lowest BCUT2D eigenvalue weighted by Crippen LogP contribution is -2.34. The molecule has 2 heterocycles. The zero-order valence-corrected chi connectivity index (χ0v) is 11.4. The monoisotopic (exact) mass is 262 g/mol. The largest absolute Gasteiger partial charge is 0.454 e. The van der Waals surface area contributed by atoms with Crippen LogP contribution < -0.4 is 9.47 Å². The zero-order valence-electron chi connectivity index (χ0n) is 11.4. The summed E-state index contributed by atoms with van der Waals surface area (Å²) in [6.07, 6.45) is 0. The van der Waals surface area contributed by atoms with Gasteiger partial charge in [0.15, 0.2) is 11.5 Å². The van der Waals surface area contributed by atoms with E-state index >= 15 is 0 Å². The maximum Gasteiger partial charge on any atom is 0.320 e. The lowest BCUT2D eigenvalue weighted by molar-refractivity contribution is 0.174. The van der Waals surface area contributed by atoms with Crippen molar-refractivity contribution in [3.63, 3.8) is 0 Å². The number of carbonyl (C=O) groups excluding carboxylic acids is 1. The third-order valence-electron chi connectivity index (χ3n) is 3.79. The van der Waals surface area contributed by atoms with Crippen LogP contribution in [0.2, 0.25) is 0 Å². The minimum absolute atomic E-state index is 0.0735. The summed E-state index contributed by atoms with van der Waals surface area (Å²) >= 11 is 0. The summed E-state index contributed by atoms with van der Waals surface area (Å²) in [6.45, 7) is 5.06. The van der Waals surface area contributed by atoms with E-state index in [0.717, 1.165) is 17.1 Å². The Morgan fingerprint density at radius 1 is 1.26 bits per heavy atom. The molecule has 0 bridgehead atoms. The Balaban J connectivity index is 1.88. The quantitative estimate of drug-likeness (QED) is 0.820. The van der Waals surface area contributed by atoms with E-state index in [2.05, 4.69) is 0 Å². The van der Waals surface area contributed by atoms with E-state index < -0.39 is 0 Å².